The maximum atomic E-state index is 12.6. The van der Waals surface area contributed by atoms with Crippen LogP contribution in [0.1, 0.15) is 27.7 Å². The molecule has 0 saturated carbocycles. The summed E-state index contributed by atoms with van der Waals surface area (Å²) in [5.74, 6) is -0.163. The third-order valence-corrected chi connectivity index (χ3v) is 5.29. The highest BCUT2D eigenvalue weighted by Crippen LogP contribution is 2.27. The number of anilines is 1. The van der Waals surface area contributed by atoms with Crippen LogP contribution in [-0.2, 0) is 18.3 Å². The fourth-order valence-electron chi connectivity index (χ4n) is 2.69. The highest BCUT2D eigenvalue weighted by atomic mass is 35.5. The van der Waals surface area contributed by atoms with Crippen molar-refractivity contribution in [2.45, 2.75) is 19.4 Å². The second-order valence-corrected chi connectivity index (χ2v) is 7.51. The first-order valence-electron chi connectivity index (χ1n) is 8.13. The van der Waals surface area contributed by atoms with Crippen molar-refractivity contribution >= 4 is 46.4 Å². The van der Waals surface area contributed by atoms with Crippen molar-refractivity contribution in [3.8, 4) is 0 Å². The first-order chi connectivity index (χ1) is 12.5. The van der Waals surface area contributed by atoms with Gasteiger partial charge < -0.3 is 10.6 Å². The minimum atomic E-state index is -0.482. The number of benzene rings is 1. The van der Waals surface area contributed by atoms with E-state index in [9.17, 15) is 4.79 Å². The number of hydrogen-bond donors (Lipinski definition) is 2. The zero-order valence-corrected chi connectivity index (χ0v) is 17.6. The summed E-state index contributed by atoms with van der Waals surface area (Å²) >= 11 is 7.53. The van der Waals surface area contributed by atoms with Gasteiger partial charge in [0.25, 0.3) is 0 Å². The van der Waals surface area contributed by atoms with E-state index in [1.807, 2.05) is 44.4 Å². The Hall–Kier alpha value is -1.93. The lowest BCUT2D eigenvalue weighted by Gasteiger charge is -2.12. The predicted molar refractivity (Wildman–Crippen MR) is 112 cm³/mol. The van der Waals surface area contributed by atoms with Gasteiger partial charge in [-0.15, -0.1) is 23.7 Å². The first kappa shape index (κ1) is 21.4. The second-order valence-electron chi connectivity index (χ2n) is 5.99. The molecular weight excluding hydrogens is 405 g/mol. The molecule has 9 heteroatoms. The summed E-state index contributed by atoms with van der Waals surface area (Å²) < 4.78 is 1.67. The molecule has 1 unspecified atom stereocenters. The Morgan fingerprint density at radius 3 is 2.81 bits per heavy atom. The number of nitrogens with zero attached hydrogens (tertiary/aromatic N) is 3. The van der Waals surface area contributed by atoms with Gasteiger partial charge in [-0.1, -0.05) is 23.7 Å². The maximum absolute atomic E-state index is 12.6. The molecular formula is C18H21Cl2N5OS. The van der Waals surface area contributed by atoms with Crippen molar-refractivity contribution < 1.29 is 4.79 Å². The molecule has 1 atom stereocenters. The number of aromatic nitrogens is 3. The molecule has 2 N–H and O–H groups in total. The molecule has 0 spiro atoms. The third kappa shape index (κ3) is 5.29. The summed E-state index contributed by atoms with van der Waals surface area (Å²) in [6.07, 6.45) is 4.23. The number of carbonyl (C=O) groups is 1. The number of halogens is 2. The van der Waals surface area contributed by atoms with Gasteiger partial charge in [0.05, 0.1) is 11.9 Å². The van der Waals surface area contributed by atoms with Crippen LogP contribution in [0.15, 0.2) is 36.7 Å². The topological polar surface area (TPSA) is 71.8 Å². The summed E-state index contributed by atoms with van der Waals surface area (Å²) in [7, 11) is 3.56. The van der Waals surface area contributed by atoms with E-state index in [1.165, 1.54) is 11.3 Å². The highest BCUT2D eigenvalue weighted by molar-refractivity contribution is 7.15. The van der Waals surface area contributed by atoms with Crippen LogP contribution in [0.2, 0.25) is 5.02 Å². The Morgan fingerprint density at radius 2 is 2.19 bits per heavy atom. The van der Waals surface area contributed by atoms with Crippen molar-refractivity contribution in [2.75, 3.05) is 12.4 Å². The molecule has 1 amide bonds. The van der Waals surface area contributed by atoms with Crippen LogP contribution in [0, 0.1) is 6.92 Å². The minimum absolute atomic E-state index is 0. The van der Waals surface area contributed by atoms with Crippen LogP contribution in [0.3, 0.4) is 0 Å². The standard InChI is InChI=1S/C18H20ClN5OS.ClH/c1-11-15(8-12-5-4-6-14(19)7-12)26-18(22-11)23-17(25)16(20-2)13-9-21-24(3)10-13;/h4-7,9-10,16,20H,8H2,1-3H3,(H,22,23,25);1H. The van der Waals surface area contributed by atoms with Gasteiger partial charge in [0.15, 0.2) is 5.13 Å². The molecule has 2 heterocycles. The van der Waals surface area contributed by atoms with E-state index >= 15 is 0 Å². The molecule has 144 valence electrons. The zero-order valence-electron chi connectivity index (χ0n) is 15.2. The van der Waals surface area contributed by atoms with Gasteiger partial charge >= 0.3 is 0 Å². The highest BCUT2D eigenvalue weighted by Gasteiger charge is 2.21. The van der Waals surface area contributed by atoms with E-state index in [0.717, 1.165) is 28.1 Å². The lowest BCUT2D eigenvalue weighted by molar-refractivity contribution is -0.118. The van der Waals surface area contributed by atoms with Crippen molar-refractivity contribution in [3.63, 3.8) is 0 Å². The fourth-order valence-corrected chi connectivity index (χ4v) is 3.91. The van der Waals surface area contributed by atoms with Crippen molar-refractivity contribution in [1.29, 1.82) is 0 Å². The Morgan fingerprint density at radius 1 is 1.41 bits per heavy atom. The predicted octanol–water partition coefficient (Wildman–Crippen LogP) is 3.75. The maximum Gasteiger partial charge on any atom is 0.247 e. The monoisotopic (exact) mass is 425 g/mol. The summed E-state index contributed by atoms with van der Waals surface area (Å²) in [4.78, 5) is 18.2. The number of amides is 1. The number of thiazole rings is 1. The largest absolute Gasteiger partial charge is 0.305 e. The number of likely N-dealkylation sites (N-methyl/N-ethyl adjacent to an activating group) is 1. The molecule has 0 aliphatic rings. The zero-order chi connectivity index (χ0) is 18.7. The molecule has 6 nitrogen and oxygen atoms in total. The van der Waals surface area contributed by atoms with Crippen molar-refractivity contribution in [2.24, 2.45) is 7.05 Å². The quantitative estimate of drug-likeness (QED) is 0.630. The van der Waals surface area contributed by atoms with E-state index in [1.54, 1.807) is 17.9 Å². The number of rotatable bonds is 6. The Labute approximate surface area is 173 Å². The number of hydrogen-bond acceptors (Lipinski definition) is 5. The fraction of sp³-hybridized carbons (Fsp3) is 0.278. The van der Waals surface area contributed by atoms with Crippen molar-refractivity contribution in [3.05, 3.63) is 63.4 Å². The molecule has 0 radical (unpaired) electrons. The SMILES string of the molecule is CNC(C(=O)Nc1nc(C)c(Cc2cccc(Cl)c2)s1)c1cnn(C)c1.Cl. The normalized spacial score (nSPS) is 11.7. The number of nitrogens with one attached hydrogen (secondary N) is 2. The second kappa shape index (κ2) is 9.32. The van der Waals surface area contributed by atoms with Gasteiger partial charge in [-0.2, -0.15) is 5.10 Å². The van der Waals surface area contributed by atoms with Crippen molar-refractivity contribution in [1.82, 2.24) is 20.1 Å². The van der Waals surface area contributed by atoms with E-state index in [2.05, 4.69) is 20.7 Å². The van der Waals surface area contributed by atoms with Gasteiger partial charge in [0.2, 0.25) is 5.91 Å². The number of carbonyl (C=O) groups excluding carboxylic acids is 1. The van der Waals surface area contributed by atoms with Crippen LogP contribution in [0.25, 0.3) is 0 Å². The molecule has 0 aliphatic heterocycles. The third-order valence-electron chi connectivity index (χ3n) is 3.99. The molecule has 0 bridgehead atoms. The molecule has 3 aromatic rings. The average Bonchev–Trinajstić information content (AvgIpc) is 3.14. The van der Waals surface area contributed by atoms with Crippen LogP contribution in [-0.4, -0.2) is 27.7 Å². The van der Waals surface area contributed by atoms with E-state index in [4.69, 9.17) is 11.6 Å². The van der Waals surface area contributed by atoms with Gasteiger partial charge in [-0.05, 0) is 31.7 Å². The lowest BCUT2D eigenvalue weighted by Crippen LogP contribution is -2.30. The summed E-state index contributed by atoms with van der Waals surface area (Å²) in [5.41, 5.74) is 2.83. The summed E-state index contributed by atoms with van der Waals surface area (Å²) in [6.45, 7) is 1.95. The van der Waals surface area contributed by atoms with E-state index in [-0.39, 0.29) is 18.3 Å². The van der Waals surface area contributed by atoms with Crippen LogP contribution >= 0.6 is 35.3 Å². The molecule has 1 aromatic carbocycles. The summed E-state index contributed by atoms with van der Waals surface area (Å²) in [6, 6.07) is 7.28. The van der Waals surface area contributed by atoms with Crippen LogP contribution in [0.4, 0.5) is 5.13 Å². The Bertz CT molecular complexity index is 924. The van der Waals surface area contributed by atoms with Crippen LogP contribution in [0.5, 0.6) is 0 Å². The van der Waals surface area contributed by atoms with E-state index in [0.29, 0.717) is 10.2 Å². The first-order valence-corrected chi connectivity index (χ1v) is 9.33. The molecule has 0 fully saturated rings. The average molecular weight is 426 g/mol. The number of aryl methyl sites for hydroxylation is 2. The van der Waals surface area contributed by atoms with Gasteiger partial charge in [0, 0.05) is 35.1 Å². The van der Waals surface area contributed by atoms with Gasteiger partial charge in [0.1, 0.15) is 6.04 Å². The molecule has 3 rings (SSSR count). The van der Waals surface area contributed by atoms with E-state index < -0.39 is 6.04 Å². The molecule has 27 heavy (non-hydrogen) atoms. The van der Waals surface area contributed by atoms with Gasteiger partial charge in [-0.3, -0.25) is 9.48 Å². The van der Waals surface area contributed by atoms with Gasteiger partial charge in [-0.25, -0.2) is 4.98 Å². The smallest absolute Gasteiger partial charge is 0.247 e. The minimum Gasteiger partial charge on any atom is -0.305 e. The molecule has 0 aliphatic carbocycles. The Kier molecular flexibility index (Phi) is 7.38. The van der Waals surface area contributed by atoms with Crippen LogP contribution < -0.4 is 10.6 Å². The molecule has 2 aromatic heterocycles. The lowest BCUT2D eigenvalue weighted by atomic mass is 10.1. The molecule has 0 saturated heterocycles. The Balaban J connectivity index is 0.00000261. The summed E-state index contributed by atoms with van der Waals surface area (Å²) in [5, 5.41) is 11.3.